The van der Waals surface area contributed by atoms with Gasteiger partial charge in [0.2, 0.25) is 9.97 Å². The minimum atomic E-state index is -0.236. The third-order valence-corrected chi connectivity index (χ3v) is 3.39. The fourth-order valence-electron chi connectivity index (χ4n) is 1.56. The summed E-state index contributed by atoms with van der Waals surface area (Å²) in [4.78, 5) is 16.7. The molecule has 7 nitrogen and oxygen atoms in total. The molecule has 1 amide bonds. The Hall–Kier alpha value is -2.35. The Morgan fingerprint density at radius 1 is 1.42 bits per heavy atom. The van der Waals surface area contributed by atoms with Gasteiger partial charge in [0, 0.05) is 6.20 Å². The van der Waals surface area contributed by atoms with Gasteiger partial charge >= 0.3 is 0 Å². The highest BCUT2D eigenvalue weighted by Gasteiger charge is 2.14. The molecule has 3 rings (SSSR count). The van der Waals surface area contributed by atoms with E-state index in [4.69, 9.17) is 0 Å². The number of aromatic nitrogens is 5. The summed E-state index contributed by atoms with van der Waals surface area (Å²) >= 11 is 1.21. The lowest BCUT2D eigenvalue weighted by atomic mass is 10.3. The molecular weight excluding hydrogens is 264 g/mol. The van der Waals surface area contributed by atoms with Gasteiger partial charge < -0.3 is 5.32 Å². The molecule has 1 N–H and O–H groups in total. The van der Waals surface area contributed by atoms with Gasteiger partial charge in [0.15, 0.2) is 5.82 Å². The molecule has 3 heterocycles. The molecule has 0 saturated carbocycles. The summed E-state index contributed by atoms with van der Waals surface area (Å²) in [7, 11) is 0. The molecule has 8 heteroatoms. The molecule has 0 fully saturated rings. The lowest BCUT2D eigenvalue weighted by Crippen LogP contribution is -2.23. The Labute approximate surface area is 112 Å². The Morgan fingerprint density at radius 3 is 3.05 bits per heavy atom. The Kier molecular flexibility index (Phi) is 2.92. The van der Waals surface area contributed by atoms with Crippen molar-refractivity contribution in [3.63, 3.8) is 0 Å². The van der Waals surface area contributed by atoms with Crippen molar-refractivity contribution in [1.82, 2.24) is 30.1 Å². The summed E-state index contributed by atoms with van der Waals surface area (Å²) in [5, 5.41) is 15.1. The van der Waals surface area contributed by atoms with E-state index in [1.54, 1.807) is 17.6 Å². The van der Waals surface area contributed by atoms with E-state index in [1.807, 2.05) is 18.2 Å². The zero-order valence-electron chi connectivity index (χ0n) is 10.1. The van der Waals surface area contributed by atoms with Gasteiger partial charge in [-0.05, 0) is 19.1 Å². The van der Waals surface area contributed by atoms with Crippen molar-refractivity contribution in [3.05, 3.63) is 40.9 Å². The predicted octanol–water partition coefficient (Wildman–Crippen LogP) is 0.819. The van der Waals surface area contributed by atoms with E-state index in [2.05, 4.69) is 25.6 Å². The first kappa shape index (κ1) is 11.7. The van der Waals surface area contributed by atoms with Crippen LogP contribution in [0.1, 0.15) is 21.3 Å². The summed E-state index contributed by atoms with van der Waals surface area (Å²) in [6.07, 6.45) is 1.69. The molecule has 3 aromatic rings. The number of hydrogen-bond acceptors (Lipinski definition) is 6. The highest BCUT2D eigenvalue weighted by Crippen LogP contribution is 2.13. The van der Waals surface area contributed by atoms with E-state index >= 15 is 0 Å². The molecule has 0 unspecified atom stereocenters. The maximum Gasteiger partial charge on any atom is 0.282 e. The third-order valence-electron chi connectivity index (χ3n) is 2.50. The van der Waals surface area contributed by atoms with Crippen LogP contribution < -0.4 is 5.32 Å². The van der Waals surface area contributed by atoms with Gasteiger partial charge in [-0.2, -0.15) is 4.52 Å². The van der Waals surface area contributed by atoms with Crippen molar-refractivity contribution in [2.45, 2.75) is 13.5 Å². The average Bonchev–Trinajstić information content (AvgIpc) is 3.00. The van der Waals surface area contributed by atoms with Crippen LogP contribution >= 0.6 is 11.3 Å². The molecular formula is C11H10N6OS. The van der Waals surface area contributed by atoms with Gasteiger partial charge in [-0.1, -0.05) is 17.4 Å². The predicted molar refractivity (Wildman–Crippen MR) is 68.8 cm³/mol. The van der Waals surface area contributed by atoms with Crippen molar-refractivity contribution in [2.24, 2.45) is 0 Å². The largest absolute Gasteiger partial charge is 0.344 e. The first-order chi connectivity index (χ1) is 9.24. The number of carbonyl (C=O) groups is 1. The van der Waals surface area contributed by atoms with Crippen LogP contribution in [0.3, 0.4) is 0 Å². The number of pyridine rings is 1. The zero-order valence-corrected chi connectivity index (χ0v) is 10.9. The standard InChI is InChI=1S/C11H10N6OS/c1-7-14-15-11-17(7)16-10(19-11)9(18)13-6-8-4-2-3-5-12-8/h2-5H,6H2,1H3,(H,13,18). The Morgan fingerprint density at radius 2 is 2.32 bits per heavy atom. The highest BCUT2D eigenvalue weighted by molar-refractivity contribution is 7.18. The highest BCUT2D eigenvalue weighted by atomic mass is 32.1. The monoisotopic (exact) mass is 274 g/mol. The summed E-state index contributed by atoms with van der Waals surface area (Å²) in [6, 6.07) is 5.56. The number of hydrogen-bond donors (Lipinski definition) is 1. The molecule has 0 aliphatic carbocycles. The van der Waals surface area contributed by atoms with Crippen LogP contribution in [0.15, 0.2) is 24.4 Å². The van der Waals surface area contributed by atoms with Crippen LogP contribution in [0.25, 0.3) is 4.96 Å². The van der Waals surface area contributed by atoms with Gasteiger partial charge in [0.25, 0.3) is 5.91 Å². The number of fused-ring (bicyclic) bond motifs is 1. The molecule has 19 heavy (non-hydrogen) atoms. The molecule has 96 valence electrons. The maximum absolute atomic E-state index is 11.9. The van der Waals surface area contributed by atoms with E-state index in [0.29, 0.717) is 22.3 Å². The number of aryl methyl sites for hydroxylation is 1. The fraction of sp³-hybridized carbons (Fsp3) is 0.182. The van der Waals surface area contributed by atoms with Crippen molar-refractivity contribution in [1.29, 1.82) is 0 Å². The molecule has 3 aromatic heterocycles. The second-order valence-corrected chi connectivity index (χ2v) is 4.81. The van der Waals surface area contributed by atoms with Crippen LogP contribution in [-0.2, 0) is 6.54 Å². The second kappa shape index (κ2) is 4.73. The van der Waals surface area contributed by atoms with Gasteiger partial charge in [-0.25, -0.2) is 0 Å². The normalized spacial score (nSPS) is 10.8. The first-order valence-electron chi connectivity index (χ1n) is 5.61. The summed E-state index contributed by atoms with van der Waals surface area (Å²) in [6.45, 7) is 2.16. The molecule has 0 aliphatic heterocycles. The molecule has 0 saturated heterocycles. The van der Waals surface area contributed by atoms with Crippen molar-refractivity contribution >= 4 is 22.2 Å². The van der Waals surface area contributed by atoms with E-state index in [0.717, 1.165) is 5.69 Å². The maximum atomic E-state index is 11.9. The first-order valence-corrected chi connectivity index (χ1v) is 6.42. The molecule has 0 spiro atoms. The van der Waals surface area contributed by atoms with Crippen LogP contribution in [0.5, 0.6) is 0 Å². The lowest BCUT2D eigenvalue weighted by molar-refractivity contribution is 0.0949. The number of rotatable bonds is 3. The minimum Gasteiger partial charge on any atom is -0.344 e. The van der Waals surface area contributed by atoms with E-state index < -0.39 is 0 Å². The van der Waals surface area contributed by atoms with Crippen molar-refractivity contribution in [2.75, 3.05) is 0 Å². The fourth-order valence-corrected chi connectivity index (χ4v) is 2.36. The van der Waals surface area contributed by atoms with Crippen molar-refractivity contribution < 1.29 is 4.79 Å². The van der Waals surface area contributed by atoms with Crippen LogP contribution in [0, 0.1) is 6.92 Å². The quantitative estimate of drug-likeness (QED) is 0.764. The zero-order chi connectivity index (χ0) is 13.2. The van der Waals surface area contributed by atoms with E-state index in [-0.39, 0.29) is 5.91 Å². The number of nitrogens with one attached hydrogen (secondary N) is 1. The summed E-state index contributed by atoms with van der Waals surface area (Å²) in [5.41, 5.74) is 0.801. The number of amides is 1. The van der Waals surface area contributed by atoms with Crippen LogP contribution in [0.2, 0.25) is 0 Å². The molecule has 0 bridgehead atoms. The number of nitrogens with zero attached hydrogens (tertiary/aromatic N) is 5. The van der Waals surface area contributed by atoms with E-state index in [1.165, 1.54) is 11.3 Å². The van der Waals surface area contributed by atoms with Gasteiger partial charge in [-0.3, -0.25) is 9.78 Å². The molecule has 0 aromatic carbocycles. The lowest BCUT2D eigenvalue weighted by Gasteiger charge is -2.01. The Balaban J connectivity index is 1.73. The van der Waals surface area contributed by atoms with Gasteiger partial charge in [0.05, 0.1) is 12.2 Å². The topological polar surface area (TPSA) is 85.1 Å². The van der Waals surface area contributed by atoms with Gasteiger partial charge in [-0.15, -0.1) is 15.3 Å². The minimum absolute atomic E-state index is 0.236. The SMILES string of the molecule is Cc1nnc2sc(C(=O)NCc3ccccn3)nn12. The molecule has 0 radical (unpaired) electrons. The van der Waals surface area contributed by atoms with Crippen molar-refractivity contribution in [3.8, 4) is 0 Å². The van der Waals surface area contributed by atoms with Gasteiger partial charge in [0.1, 0.15) is 0 Å². The second-order valence-electron chi connectivity index (χ2n) is 3.85. The smallest absolute Gasteiger partial charge is 0.282 e. The average molecular weight is 274 g/mol. The molecule has 0 atom stereocenters. The number of carbonyl (C=O) groups excluding carboxylic acids is 1. The van der Waals surface area contributed by atoms with Crippen LogP contribution in [-0.4, -0.2) is 30.7 Å². The third kappa shape index (κ3) is 2.29. The van der Waals surface area contributed by atoms with Crippen LogP contribution in [0.4, 0.5) is 0 Å². The Bertz CT molecular complexity index is 719. The molecule has 0 aliphatic rings. The summed E-state index contributed by atoms with van der Waals surface area (Å²) in [5.74, 6) is 0.426. The summed E-state index contributed by atoms with van der Waals surface area (Å²) < 4.78 is 1.56. The van der Waals surface area contributed by atoms with E-state index in [9.17, 15) is 4.79 Å².